The minimum absolute atomic E-state index is 0.117. The van der Waals surface area contributed by atoms with E-state index in [-0.39, 0.29) is 11.2 Å². The van der Waals surface area contributed by atoms with E-state index in [1.165, 1.54) is 5.56 Å². The van der Waals surface area contributed by atoms with Crippen molar-refractivity contribution in [2.24, 2.45) is 0 Å². The van der Waals surface area contributed by atoms with Crippen LogP contribution in [-0.2, 0) is 11.8 Å². The number of benzene rings is 1. The third kappa shape index (κ3) is 2.89. The number of ketones is 1. The molecular formula is C16H18O2. The van der Waals surface area contributed by atoms with Gasteiger partial charge in [0, 0.05) is 12.0 Å². The van der Waals surface area contributed by atoms with Crippen LogP contribution in [0.3, 0.4) is 0 Å². The molecule has 1 aromatic carbocycles. The highest BCUT2D eigenvalue weighted by atomic mass is 16.3. The van der Waals surface area contributed by atoms with Crippen LogP contribution in [-0.4, -0.2) is 5.78 Å². The summed E-state index contributed by atoms with van der Waals surface area (Å²) in [6, 6.07) is 9.69. The fraction of sp³-hybridized carbons (Fsp3) is 0.312. The van der Waals surface area contributed by atoms with Gasteiger partial charge in [0.15, 0.2) is 5.78 Å². The molecule has 0 aliphatic heterocycles. The van der Waals surface area contributed by atoms with Gasteiger partial charge >= 0.3 is 0 Å². The van der Waals surface area contributed by atoms with Crippen LogP contribution in [0.2, 0.25) is 0 Å². The maximum Gasteiger partial charge on any atom is 0.167 e. The standard InChI is InChI=1S/C16H18O2/c1-16(2,3)14-6-4-13(5-7-14)15(17)10-12-8-9-18-11-12/h4-9,11H,10H2,1-3H3. The molecule has 0 radical (unpaired) electrons. The summed E-state index contributed by atoms with van der Waals surface area (Å²) in [6.45, 7) is 6.49. The molecule has 2 aromatic rings. The molecule has 0 bridgehead atoms. The van der Waals surface area contributed by atoms with Gasteiger partial charge in [-0.3, -0.25) is 4.79 Å². The molecule has 1 heterocycles. The van der Waals surface area contributed by atoms with Crippen molar-refractivity contribution in [3.8, 4) is 0 Å². The normalized spacial score (nSPS) is 11.5. The lowest BCUT2D eigenvalue weighted by atomic mass is 9.86. The van der Waals surface area contributed by atoms with Crippen LogP contribution in [0, 0.1) is 0 Å². The molecule has 2 nitrogen and oxygen atoms in total. The lowest BCUT2D eigenvalue weighted by Crippen LogP contribution is -2.11. The van der Waals surface area contributed by atoms with Crippen LogP contribution in [0.5, 0.6) is 0 Å². The number of Topliss-reactive ketones (excluding diaryl/α,β-unsaturated/α-hetero) is 1. The Morgan fingerprint density at radius 1 is 1.11 bits per heavy atom. The second-order valence-corrected chi connectivity index (χ2v) is 5.56. The predicted octanol–water partition coefficient (Wildman–Crippen LogP) is 4.00. The summed E-state index contributed by atoms with van der Waals surface area (Å²) in [7, 11) is 0. The van der Waals surface area contributed by atoms with E-state index in [9.17, 15) is 4.79 Å². The van der Waals surface area contributed by atoms with Crippen molar-refractivity contribution in [3.05, 3.63) is 59.5 Å². The summed E-state index contributed by atoms with van der Waals surface area (Å²) in [5.41, 5.74) is 3.03. The summed E-state index contributed by atoms with van der Waals surface area (Å²) in [6.07, 6.45) is 3.60. The van der Waals surface area contributed by atoms with Gasteiger partial charge in [-0.15, -0.1) is 0 Å². The molecule has 0 amide bonds. The van der Waals surface area contributed by atoms with Gasteiger partial charge in [-0.2, -0.15) is 0 Å². The molecule has 2 rings (SSSR count). The summed E-state index contributed by atoms with van der Waals surface area (Å²) < 4.78 is 4.96. The first-order chi connectivity index (χ1) is 8.47. The average Bonchev–Trinajstić information content (AvgIpc) is 2.81. The highest BCUT2D eigenvalue weighted by molar-refractivity contribution is 5.97. The van der Waals surface area contributed by atoms with E-state index in [1.54, 1.807) is 12.5 Å². The number of carbonyl (C=O) groups is 1. The highest BCUT2D eigenvalue weighted by Crippen LogP contribution is 2.22. The molecule has 94 valence electrons. The SMILES string of the molecule is CC(C)(C)c1ccc(C(=O)Cc2ccoc2)cc1. The predicted molar refractivity (Wildman–Crippen MR) is 71.9 cm³/mol. The Morgan fingerprint density at radius 2 is 1.78 bits per heavy atom. The van der Waals surface area contributed by atoms with Crippen LogP contribution >= 0.6 is 0 Å². The molecule has 0 N–H and O–H groups in total. The van der Waals surface area contributed by atoms with Crippen LogP contribution in [0.15, 0.2) is 47.3 Å². The van der Waals surface area contributed by atoms with E-state index in [0.717, 1.165) is 11.1 Å². The lowest BCUT2D eigenvalue weighted by Gasteiger charge is -2.18. The molecule has 0 aliphatic rings. The van der Waals surface area contributed by atoms with Crippen LogP contribution < -0.4 is 0 Å². The smallest absolute Gasteiger partial charge is 0.167 e. The maximum atomic E-state index is 12.0. The van der Waals surface area contributed by atoms with E-state index < -0.39 is 0 Å². The first-order valence-corrected chi connectivity index (χ1v) is 6.11. The zero-order valence-corrected chi connectivity index (χ0v) is 11.1. The third-order valence-electron chi connectivity index (χ3n) is 3.02. The van der Waals surface area contributed by atoms with Gasteiger partial charge in [-0.25, -0.2) is 0 Å². The first-order valence-electron chi connectivity index (χ1n) is 6.11. The molecule has 18 heavy (non-hydrogen) atoms. The summed E-state index contributed by atoms with van der Waals surface area (Å²) in [4.78, 5) is 12.0. The molecule has 0 saturated heterocycles. The average molecular weight is 242 g/mol. The number of hydrogen-bond acceptors (Lipinski definition) is 2. The van der Waals surface area contributed by atoms with Crippen LogP contribution in [0.1, 0.15) is 42.3 Å². The Balaban J connectivity index is 2.12. The molecule has 0 atom stereocenters. The van der Waals surface area contributed by atoms with Gasteiger partial charge in [0.05, 0.1) is 12.5 Å². The van der Waals surface area contributed by atoms with Crippen molar-refractivity contribution >= 4 is 5.78 Å². The topological polar surface area (TPSA) is 30.2 Å². The van der Waals surface area contributed by atoms with Crippen molar-refractivity contribution in [1.82, 2.24) is 0 Å². The van der Waals surface area contributed by atoms with Gasteiger partial charge in [0.2, 0.25) is 0 Å². The summed E-state index contributed by atoms with van der Waals surface area (Å²) in [5.74, 6) is 0.122. The Labute approximate surface area is 108 Å². The molecule has 1 aromatic heterocycles. The largest absolute Gasteiger partial charge is 0.472 e. The van der Waals surface area contributed by atoms with Crippen molar-refractivity contribution in [2.75, 3.05) is 0 Å². The Morgan fingerprint density at radius 3 is 2.28 bits per heavy atom. The van der Waals surface area contributed by atoms with E-state index in [1.807, 2.05) is 30.3 Å². The molecule has 0 saturated carbocycles. The quantitative estimate of drug-likeness (QED) is 0.761. The highest BCUT2D eigenvalue weighted by Gasteiger charge is 2.14. The van der Waals surface area contributed by atoms with Crippen LogP contribution in [0.4, 0.5) is 0 Å². The Hall–Kier alpha value is -1.83. The van der Waals surface area contributed by atoms with Gasteiger partial charge in [-0.1, -0.05) is 45.0 Å². The van der Waals surface area contributed by atoms with Gasteiger partial charge in [0.1, 0.15) is 0 Å². The molecule has 0 spiro atoms. The Kier molecular flexibility index (Phi) is 3.37. The zero-order chi connectivity index (χ0) is 13.2. The fourth-order valence-corrected chi connectivity index (χ4v) is 1.84. The first kappa shape index (κ1) is 12.6. The molecule has 0 aliphatic carbocycles. The summed E-state index contributed by atoms with van der Waals surface area (Å²) in [5, 5.41) is 0. The minimum Gasteiger partial charge on any atom is -0.472 e. The Bertz CT molecular complexity index is 513. The number of furan rings is 1. The maximum absolute atomic E-state index is 12.0. The van der Waals surface area contributed by atoms with Crippen molar-refractivity contribution < 1.29 is 9.21 Å². The molecule has 2 heteroatoms. The lowest BCUT2D eigenvalue weighted by molar-refractivity contribution is 0.0992. The monoisotopic (exact) mass is 242 g/mol. The van der Waals surface area contributed by atoms with E-state index >= 15 is 0 Å². The minimum atomic E-state index is 0.117. The van der Waals surface area contributed by atoms with Crippen molar-refractivity contribution in [2.45, 2.75) is 32.6 Å². The second-order valence-electron chi connectivity index (χ2n) is 5.56. The zero-order valence-electron chi connectivity index (χ0n) is 11.1. The van der Waals surface area contributed by atoms with Gasteiger partial charge < -0.3 is 4.42 Å². The van der Waals surface area contributed by atoms with Gasteiger partial charge in [-0.05, 0) is 22.6 Å². The molecule has 0 unspecified atom stereocenters. The van der Waals surface area contributed by atoms with Crippen molar-refractivity contribution in [3.63, 3.8) is 0 Å². The summed E-state index contributed by atoms with van der Waals surface area (Å²) >= 11 is 0. The fourth-order valence-electron chi connectivity index (χ4n) is 1.84. The van der Waals surface area contributed by atoms with Crippen LogP contribution in [0.25, 0.3) is 0 Å². The van der Waals surface area contributed by atoms with E-state index in [4.69, 9.17) is 4.42 Å². The molecular weight excluding hydrogens is 224 g/mol. The number of hydrogen-bond donors (Lipinski definition) is 0. The second kappa shape index (κ2) is 4.81. The third-order valence-corrected chi connectivity index (χ3v) is 3.02. The van der Waals surface area contributed by atoms with Crippen molar-refractivity contribution in [1.29, 1.82) is 0 Å². The number of carbonyl (C=O) groups excluding carboxylic acids is 1. The number of rotatable bonds is 3. The molecule has 0 fully saturated rings. The van der Waals surface area contributed by atoms with E-state index in [0.29, 0.717) is 6.42 Å². The van der Waals surface area contributed by atoms with Gasteiger partial charge in [0.25, 0.3) is 0 Å². The van der Waals surface area contributed by atoms with E-state index in [2.05, 4.69) is 20.8 Å².